The number of carbonyl (C=O) groups is 1. The number of nitrogens with one attached hydrogen (secondary N) is 1. The van der Waals surface area contributed by atoms with Gasteiger partial charge in [-0.2, -0.15) is 4.98 Å². The molecule has 0 saturated carbocycles. The molecular formula is C15H21N5O7S. The highest BCUT2D eigenvalue weighted by atomic mass is 32.2. The van der Waals surface area contributed by atoms with Crippen molar-refractivity contribution in [3.8, 4) is 0 Å². The number of rotatable bonds is 7. The van der Waals surface area contributed by atoms with Crippen molar-refractivity contribution in [2.24, 2.45) is 0 Å². The number of aromatic nitrogens is 4. The second kappa shape index (κ2) is 8.45. The number of imidazole rings is 1. The van der Waals surface area contributed by atoms with Gasteiger partial charge in [-0.05, 0) is 6.42 Å². The van der Waals surface area contributed by atoms with Gasteiger partial charge in [0.2, 0.25) is 5.95 Å². The molecule has 2 aromatic rings. The molecule has 13 heteroatoms. The Hall–Kier alpha value is -2.19. The van der Waals surface area contributed by atoms with Crippen molar-refractivity contribution in [1.29, 1.82) is 0 Å². The maximum absolute atomic E-state index is 12.2. The molecule has 0 aromatic carbocycles. The molecule has 0 spiro atoms. The van der Waals surface area contributed by atoms with Crippen LogP contribution in [0.5, 0.6) is 0 Å². The number of aromatic amines is 1. The lowest BCUT2D eigenvalue weighted by atomic mass is 10.1. The Kier molecular flexibility index (Phi) is 6.20. The van der Waals surface area contributed by atoms with Crippen molar-refractivity contribution < 1.29 is 29.6 Å². The van der Waals surface area contributed by atoms with Crippen LogP contribution in [0.3, 0.4) is 0 Å². The van der Waals surface area contributed by atoms with Crippen LogP contribution in [0.4, 0.5) is 5.95 Å². The highest BCUT2D eigenvalue weighted by molar-refractivity contribution is 7.99. The first-order chi connectivity index (χ1) is 13.4. The fourth-order valence-corrected chi connectivity index (χ4v) is 3.88. The molecule has 28 heavy (non-hydrogen) atoms. The quantitative estimate of drug-likeness (QED) is 0.198. The van der Waals surface area contributed by atoms with E-state index in [1.807, 2.05) is 0 Å². The van der Waals surface area contributed by atoms with Gasteiger partial charge in [0, 0.05) is 19.3 Å². The monoisotopic (exact) mass is 415 g/mol. The SMILES string of the molecule is CC(=O)O[C@@H]1[C@H](O)[C@@H](CO)O[C@H]1n1c(SCCCO)nc2c(=O)[nH]c(N)nc21. The minimum absolute atomic E-state index is 0.00666. The maximum atomic E-state index is 12.2. The third-order valence-corrected chi connectivity index (χ3v) is 5.16. The van der Waals surface area contributed by atoms with Crippen molar-refractivity contribution in [3.05, 3.63) is 10.4 Å². The summed E-state index contributed by atoms with van der Waals surface area (Å²) in [5, 5.41) is 29.2. The average Bonchev–Trinajstić information content (AvgIpc) is 3.13. The van der Waals surface area contributed by atoms with Crippen LogP contribution in [-0.2, 0) is 14.3 Å². The van der Waals surface area contributed by atoms with Gasteiger partial charge in [-0.15, -0.1) is 0 Å². The largest absolute Gasteiger partial charge is 0.455 e. The molecule has 4 atom stereocenters. The van der Waals surface area contributed by atoms with E-state index in [1.54, 1.807) is 0 Å². The highest BCUT2D eigenvalue weighted by Gasteiger charge is 2.48. The lowest BCUT2D eigenvalue weighted by Crippen LogP contribution is -2.36. The topological polar surface area (TPSA) is 186 Å². The number of thioether (sulfide) groups is 1. The summed E-state index contributed by atoms with van der Waals surface area (Å²) in [4.78, 5) is 34.5. The van der Waals surface area contributed by atoms with Gasteiger partial charge >= 0.3 is 5.97 Å². The van der Waals surface area contributed by atoms with Crippen LogP contribution < -0.4 is 11.3 Å². The maximum Gasteiger partial charge on any atom is 0.303 e. The van der Waals surface area contributed by atoms with Crippen LogP contribution in [0.25, 0.3) is 11.2 Å². The standard InChI is InChI=1S/C15H21N5O7S/c1-6(23)26-10-9(24)7(5-22)27-13(10)20-11-8(12(25)19-14(16)18-11)17-15(20)28-4-2-3-21/h7,9-10,13,21-22,24H,2-5H2,1H3,(H3,16,18,19,25)/t7-,9-,10-,13-/m1/s1. The molecule has 3 rings (SSSR count). The number of nitrogens with zero attached hydrogens (tertiary/aromatic N) is 3. The Morgan fingerprint density at radius 1 is 1.43 bits per heavy atom. The second-order valence-electron chi connectivity index (χ2n) is 6.13. The summed E-state index contributed by atoms with van der Waals surface area (Å²) < 4.78 is 12.3. The number of hydrogen-bond donors (Lipinski definition) is 5. The van der Waals surface area contributed by atoms with Crippen molar-refractivity contribution >= 4 is 34.8 Å². The molecule has 3 heterocycles. The van der Waals surface area contributed by atoms with Gasteiger partial charge in [-0.3, -0.25) is 19.1 Å². The lowest BCUT2D eigenvalue weighted by Gasteiger charge is -2.22. The molecule has 154 valence electrons. The smallest absolute Gasteiger partial charge is 0.303 e. The number of esters is 1. The van der Waals surface area contributed by atoms with E-state index in [9.17, 15) is 19.8 Å². The summed E-state index contributed by atoms with van der Waals surface area (Å²) >= 11 is 1.22. The number of H-pyrrole nitrogens is 1. The number of ether oxygens (including phenoxy) is 2. The van der Waals surface area contributed by atoms with Crippen molar-refractivity contribution in [2.45, 2.75) is 43.0 Å². The molecule has 6 N–H and O–H groups in total. The summed E-state index contributed by atoms with van der Waals surface area (Å²) in [6.45, 7) is 0.644. The number of nitrogens with two attached hydrogens (primary N) is 1. The van der Waals surface area contributed by atoms with Gasteiger partial charge < -0.3 is 30.5 Å². The Labute approximate surface area is 162 Å². The van der Waals surface area contributed by atoms with Crippen molar-refractivity contribution in [3.63, 3.8) is 0 Å². The van der Waals surface area contributed by atoms with E-state index >= 15 is 0 Å². The molecule has 1 saturated heterocycles. The fraction of sp³-hybridized carbons (Fsp3) is 0.600. The number of fused-ring (bicyclic) bond motifs is 1. The number of nitrogen functional groups attached to an aromatic ring is 1. The van der Waals surface area contributed by atoms with Crippen LogP contribution in [0.15, 0.2) is 9.95 Å². The number of hydrogen-bond acceptors (Lipinski definition) is 11. The van der Waals surface area contributed by atoms with Crippen molar-refractivity contribution in [1.82, 2.24) is 19.5 Å². The summed E-state index contributed by atoms with van der Waals surface area (Å²) in [6, 6.07) is 0. The molecular weight excluding hydrogens is 394 g/mol. The minimum Gasteiger partial charge on any atom is -0.455 e. The van der Waals surface area contributed by atoms with Crippen LogP contribution in [0, 0.1) is 0 Å². The number of aliphatic hydroxyl groups is 3. The molecule has 1 aliphatic rings. The van der Waals surface area contributed by atoms with Crippen LogP contribution >= 0.6 is 11.8 Å². The highest BCUT2D eigenvalue weighted by Crippen LogP contribution is 2.37. The van der Waals surface area contributed by atoms with E-state index in [4.69, 9.17) is 20.3 Å². The summed E-state index contributed by atoms with van der Waals surface area (Å²) in [5.74, 6) is -0.322. The Morgan fingerprint density at radius 3 is 2.82 bits per heavy atom. The Bertz CT molecular complexity index is 916. The zero-order valence-corrected chi connectivity index (χ0v) is 15.8. The molecule has 0 bridgehead atoms. The Balaban J connectivity index is 2.13. The number of aliphatic hydroxyl groups excluding tert-OH is 3. The molecule has 0 aliphatic carbocycles. The number of carbonyl (C=O) groups excluding carboxylic acids is 1. The summed E-state index contributed by atoms with van der Waals surface area (Å²) in [5.41, 5.74) is 5.17. The van der Waals surface area contributed by atoms with Crippen LogP contribution in [0.2, 0.25) is 0 Å². The van der Waals surface area contributed by atoms with E-state index in [1.165, 1.54) is 23.3 Å². The third kappa shape index (κ3) is 3.84. The third-order valence-electron chi connectivity index (χ3n) is 4.12. The van der Waals surface area contributed by atoms with Crippen LogP contribution in [0.1, 0.15) is 19.6 Å². The Morgan fingerprint density at radius 2 is 2.18 bits per heavy atom. The van der Waals surface area contributed by atoms with Gasteiger partial charge in [0.25, 0.3) is 5.56 Å². The molecule has 1 aliphatic heterocycles. The normalized spacial score (nSPS) is 24.7. The van der Waals surface area contributed by atoms with Gasteiger partial charge in [0.1, 0.15) is 12.2 Å². The molecule has 2 aromatic heterocycles. The predicted molar refractivity (Wildman–Crippen MR) is 97.5 cm³/mol. The lowest BCUT2D eigenvalue weighted by molar-refractivity contribution is -0.156. The minimum atomic E-state index is -1.30. The van der Waals surface area contributed by atoms with E-state index in [-0.39, 0.29) is 23.7 Å². The number of anilines is 1. The molecule has 0 unspecified atom stereocenters. The van der Waals surface area contributed by atoms with E-state index < -0.39 is 42.7 Å². The first-order valence-electron chi connectivity index (χ1n) is 8.50. The molecule has 0 amide bonds. The van der Waals surface area contributed by atoms with E-state index in [0.29, 0.717) is 17.3 Å². The summed E-state index contributed by atoms with van der Waals surface area (Å²) in [6.07, 6.45) is -4.09. The second-order valence-corrected chi connectivity index (χ2v) is 7.19. The van der Waals surface area contributed by atoms with E-state index in [2.05, 4.69) is 15.0 Å². The first kappa shape index (κ1) is 20.5. The van der Waals surface area contributed by atoms with E-state index in [0.717, 1.165) is 0 Å². The molecule has 1 fully saturated rings. The van der Waals surface area contributed by atoms with Gasteiger partial charge in [0.15, 0.2) is 28.7 Å². The summed E-state index contributed by atoms with van der Waals surface area (Å²) in [7, 11) is 0. The predicted octanol–water partition coefficient (Wildman–Crippen LogP) is -1.64. The molecule has 0 radical (unpaired) electrons. The van der Waals surface area contributed by atoms with Gasteiger partial charge in [0.05, 0.1) is 6.61 Å². The zero-order valence-electron chi connectivity index (χ0n) is 14.9. The van der Waals surface area contributed by atoms with Gasteiger partial charge in [-0.1, -0.05) is 11.8 Å². The van der Waals surface area contributed by atoms with Crippen LogP contribution in [-0.4, -0.2) is 78.1 Å². The van der Waals surface area contributed by atoms with Crippen molar-refractivity contribution in [2.75, 3.05) is 24.7 Å². The first-order valence-corrected chi connectivity index (χ1v) is 9.49. The van der Waals surface area contributed by atoms with Gasteiger partial charge in [-0.25, -0.2) is 4.98 Å². The average molecular weight is 415 g/mol. The fourth-order valence-electron chi connectivity index (χ4n) is 2.94. The zero-order chi connectivity index (χ0) is 20.4. The molecule has 12 nitrogen and oxygen atoms in total.